The molecule has 2 aliphatic rings. The third kappa shape index (κ3) is 7.71. The quantitative estimate of drug-likeness (QED) is 0.321. The van der Waals surface area contributed by atoms with Gasteiger partial charge in [-0.15, -0.1) is 0 Å². The van der Waals surface area contributed by atoms with Gasteiger partial charge in [0.05, 0.1) is 18.5 Å². The van der Waals surface area contributed by atoms with Gasteiger partial charge >= 0.3 is 0 Å². The number of anilines is 1. The second-order valence-electron chi connectivity index (χ2n) is 9.16. The van der Waals surface area contributed by atoms with E-state index >= 15 is 0 Å². The van der Waals surface area contributed by atoms with Gasteiger partial charge in [-0.25, -0.2) is 0 Å². The van der Waals surface area contributed by atoms with E-state index in [1.54, 1.807) is 4.90 Å². The molecule has 9 heteroatoms. The highest BCUT2D eigenvalue weighted by Gasteiger charge is 2.36. The molecule has 0 aliphatic carbocycles. The van der Waals surface area contributed by atoms with Crippen molar-refractivity contribution in [1.82, 2.24) is 15.5 Å². The molecular formula is C25H38N4O4S. The third-order valence-electron chi connectivity index (χ3n) is 6.59. The van der Waals surface area contributed by atoms with E-state index in [0.717, 1.165) is 37.0 Å². The minimum Gasteiger partial charge on any atom is -0.376 e. The number of amides is 3. The van der Waals surface area contributed by atoms with Gasteiger partial charge in [-0.3, -0.25) is 19.7 Å². The normalized spacial score (nSPS) is 25.2. The summed E-state index contributed by atoms with van der Waals surface area (Å²) in [7, 11) is 0. The Hall–Kier alpha value is -2.10. The van der Waals surface area contributed by atoms with E-state index in [0.29, 0.717) is 50.9 Å². The lowest BCUT2D eigenvalue weighted by molar-refractivity contribution is -0.134. The Kier molecular flexibility index (Phi) is 10.7. The number of unbranched alkanes of at least 4 members (excludes halogenated alkanes) is 2. The van der Waals surface area contributed by atoms with Crippen molar-refractivity contribution in [3.8, 4) is 0 Å². The summed E-state index contributed by atoms with van der Waals surface area (Å²) in [6, 6.07) is 6.43. The van der Waals surface area contributed by atoms with E-state index in [1.807, 2.05) is 24.3 Å². The van der Waals surface area contributed by atoms with Crippen LogP contribution in [0.1, 0.15) is 63.4 Å². The molecule has 188 valence electrons. The molecule has 3 amide bonds. The summed E-state index contributed by atoms with van der Waals surface area (Å²) in [6.45, 7) is 1.04. The van der Waals surface area contributed by atoms with E-state index in [1.165, 1.54) is 0 Å². The number of thiol groups is 1. The fourth-order valence-corrected chi connectivity index (χ4v) is 4.92. The van der Waals surface area contributed by atoms with Crippen LogP contribution in [0, 0.1) is 0 Å². The zero-order valence-corrected chi connectivity index (χ0v) is 20.7. The number of hydrogen-bond donors (Lipinski definition) is 5. The average Bonchev–Trinajstić information content (AvgIpc) is 3.32. The van der Waals surface area contributed by atoms with Crippen LogP contribution >= 0.6 is 12.6 Å². The van der Waals surface area contributed by atoms with Crippen LogP contribution in [0.4, 0.5) is 5.69 Å². The van der Waals surface area contributed by atoms with Gasteiger partial charge in [0.2, 0.25) is 17.7 Å². The predicted molar refractivity (Wildman–Crippen MR) is 136 cm³/mol. The Balaban J connectivity index is 1.77. The maximum atomic E-state index is 13.2. The molecule has 1 aromatic rings. The zero-order chi connectivity index (χ0) is 24.3. The van der Waals surface area contributed by atoms with Crippen molar-refractivity contribution in [2.45, 2.75) is 82.5 Å². The second kappa shape index (κ2) is 13.7. The van der Waals surface area contributed by atoms with Crippen molar-refractivity contribution in [3.63, 3.8) is 0 Å². The van der Waals surface area contributed by atoms with Gasteiger partial charge in [0.1, 0.15) is 6.23 Å². The number of fused-ring (bicyclic) bond motifs is 2. The zero-order valence-electron chi connectivity index (χ0n) is 19.8. The molecule has 3 atom stereocenters. The Morgan fingerprint density at radius 2 is 1.88 bits per heavy atom. The summed E-state index contributed by atoms with van der Waals surface area (Å²) >= 11 is 4.25. The summed E-state index contributed by atoms with van der Waals surface area (Å²) in [5, 5.41) is 20.0. The average molecular weight is 491 g/mol. The SMILES string of the molecule is O=C1CCCCNC(=O)[C@H](CCCCCS)NC(O)[C@@H]2CCCN2C(=O)Cc2ccccc2N1. The molecule has 4 N–H and O–H groups in total. The molecule has 0 spiro atoms. The highest BCUT2D eigenvalue weighted by atomic mass is 32.1. The smallest absolute Gasteiger partial charge is 0.237 e. The molecule has 2 heterocycles. The van der Waals surface area contributed by atoms with Crippen molar-refractivity contribution >= 4 is 36.0 Å². The van der Waals surface area contributed by atoms with Crippen LogP contribution in [0.3, 0.4) is 0 Å². The van der Waals surface area contributed by atoms with Crippen LogP contribution in [-0.2, 0) is 20.8 Å². The monoisotopic (exact) mass is 490 g/mol. The van der Waals surface area contributed by atoms with Crippen LogP contribution in [0.15, 0.2) is 24.3 Å². The van der Waals surface area contributed by atoms with Crippen molar-refractivity contribution in [1.29, 1.82) is 0 Å². The molecule has 2 aliphatic heterocycles. The van der Waals surface area contributed by atoms with Crippen molar-refractivity contribution in [2.75, 3.05) is 24.2 Å². The molecule has 0 aromatic heterocycles. The molecular weight excluding hydrogens is 452 g/mol. The third-order valence-corrected chi connectivity index (χ3v) is 6.90. The Labute approximate surface area is 207 Å². The summed E-state index contributed by atoms with van der Waals surface area (Å²) in [5.74, 6) is 0.461. The predicted octanol–water partition coefficient (Wildman–Crippen LogP) is 2.23. The largest absolute Gasteiger partial charge is 0.376 e. The van der Waals surface area contributed by atoms with Gasteiger partial charge in [0.25, 0.3) is 0 Å². The van der Waals surface area contributed by atoms with Crippen molar-refractivity contribution in [3.05, 3.63) is 29.8 Å². The Morgan fingerprint density at radius 3 is 2.71 bits per heavy atom. The number of rotatable bonds is 5. The number of nitrogens with zero attached hydrogens (tertiary/aromatic N) is 1. The lowest BCUT2D eigenvalue weighted by atomic mass is 10.1. The minimum absolute atomic E-state index is 0.0934. The molecule has 34 heavy (non-hydrogen) atoms. The first-order chi connectivity index (χ1) is 16.5. The molecule has 1 unspecified atom stereocenters. The van der Waals surface area contributed by atoms with E-state index in [-0.39, 0.29) is 24.1 Å². The van der Waals surface area contributed by atoms with Crippen LogP contribution in [-0.4, -0.2) is 64.9 Å². The lowest BCUT2D eigenvalue weighted by Gasteiger charge is -2.32. The van der Waals surface area contributed by atoms with E-state index < -0.39 is 18.3 Å². The molecule has 1 aromatic carbocycles. The van der Waals surface area contributed by atoms with Crippen LogP contribution in [0.25, 0.3) is 0 Å². The highest BCUT2D eigenvalue weighted by molar-refractivity contribution is 7.80. The fraction of sp³-hybridized carbons (Fsp3) is 0.640. The summed E-state index contributed by atoms with van der Waals surface area (Å²) in [5.41, 5.74) is 1.41. The standard InChI is InChI=1S/C25H38N4O4S/c30-22-13-5-6-14-26-24(32)20(11-2-1-7-16-34)28-25(33)21-12-8-15-29(21)23(31)17-18-9-3-4-10-19(18)27-22/h3-4,9-10,20-21,25,28,33-34H,1-2,5-8,11-17H2,(H,26,32)(H,27,30)/t20-,21-,25?/m0/s1. The molecule has 8 nitrogen and oxygen atoms in total. The molecule has 3 rings (SSSR count). The molecule has 0 saturated carbocycles. The number of aliphatic hydroxyl groups excluding tert-OH is 1. The maximum absolute atomic E-state index is 13.2. The molecule has 1 saturated heterocycles. The minimum atomic E-state index is -0.988. The molecule has 0 bridgehead atoms. The summed E-state index contributed by atoms with van der Waals surface area (Å²) in [6.07, 6.45) is 5.70. The summed E-state index contributed by atoms with van der Waals surface area (Å²) < 4.78 is 0. The first-order valence-electron chi connectivity index (χ1n) is 12.5. The maximum Gasteiger partial charge on any atom is 0.237 e. The number of benzene rings is 1. The number of nitrogens with one attached hydrogen (secondary N) is 3. The van der Waals surface area contributed by atoms with Gasteiger partial charge in [-0.1, -0.05) is 31.0 Å². The Bertz CT molecular complexity index is 837. The number of aliphatic hydroxyl groups is 1. The molecule has 0 radical (unpaired) electrons. The van der Waals surface area contributed by atoms with E-state index in [9.17, 15) is 19.5 Å². The fourth-order valence-electron chi connectivity index (χ4n) is 4.69. The van der Waals surface area contributed by atoms with Crippen molar-refractivity contribution in [2.24, 2.45) is 0 Å². The first-order valence-corrected chi connectivity index (χ1v) is 13.1. The number of hydrogen-bond acceptors (Lipinski definition) is 6. The van der Waals surface area contributed by atoms with Crippen molar-refractivity contribution < 1.29 is 19.5 Å². The number of carbonyl (C=O) groups excluding carboxylic acids is 3. The van der Waals surface area contributed by atoms with Gasteiger partial charge in [-0.2, -0.15) is 12.6 Å². The topological polar surface area (TPSA) is 111 Å². The van der Waals surface area contributed by atoms with Crippen LogP contribution in [0.2, 0.25) is 0 Å². The van der Waals surface area contributed by atoms with E-state index in [2.05, 4.69) is 28.6 Å². The van der Waals surface area contributed by atoms with Crippen LogP contribution < -0.4 is 16.0 Å². The van der Waals surface area contributed by atoms with Gasteiger partial charge in [0.15, 0.2) is 0 Å². The summed E-state index contributed by atoms with van der Waals surface area (Å²) in [4.78, 5) is 40.3. The second-order valence-corrected chi connectivity index (χ2v) is 9.61. The Morgan fingerprint density at radius 1 is 1.06 bits per heavy atom. The lowest BCUT2D eigenvalue weighted by Crippen LogP contribution is -2.55. The van der Waals surface area contributed by atoms with Gasteiger partial charge < -0.3 is 20.6 Å². The van der Waals surface area contributed by atoms with Gasteiger partial charge in [0, 0.05) is 25.2 Å². The first kappa shape index (κ1) is 26.5. The number of para-hydroxylation sites is 1. The molecule has 1 fully saturated rings. The van der Waals surface area contributed by atoms with Gasteiger partial charge in [-0.05, 0) is 55.9 Å². The van der Waals surface area contributed by atoms with Crippen LogP contribution in [0.5, 0.6) is 0 Å². The number of carbonyl (C=O) groups is 3. The van der Waals surface area contributed by atoms with E-state index in [4.69, 9.17) is 0 Å². The highest BCUT2D eigenvalue weighted by Crippen LogP contribution is 2.24.